The number of H-pyrrole nitrogens is 1. The second kappa shape index (κ2) is 10.2. The predicted octanol–water partition coefficient (Wildman–Crippen LogP) is 3.86. The number of imidazole rings is 1. The zero-order valence-electron chi connectivity index (χ0n) is 20.6. The van der Waals surface area contributed by atoms with E-state index in [2.05, 4.69) is 87.9 Å². The number of hydrogen-bond donors (Lipinski definition) is 1. The van der Waals surface area contributed by atoms with E-state index in [1.54, 1.807) is 0 Å². The van der Waals surface area contributed by atoms with Crippen molar-refractivity contribution in [2.24, 2.45) is 0 Å². The number of anilines is 2. The molecule has 6 rings (SSSR count). The van der Waals surface area contributed by atoms with Gasteiger partial charge in [-0.1, -0.05) is 6.07 Å². The molecule has 5 heterocycles. The number of piperazine rings is 2. The monoisotopic (exact) mass is 546 g/mol. The van der Waals surface area contributed by atoms with E-state index >= 15 is 0 Å². The van der Waals surface area contributed by atoms with Crippen LogP contribution >= 0.6 is 15.9 Å². The van der Waals surface area contributed by atoms with Gasteiger partial charge in [-0.2, -0.15) is 0 Å². The van der Waals surface area contributed by atoms with Crippen molar-refractivity contribution in [3.8, 4) is 11.4 Å². The van der Waals surface area contributed by atoms with Gasteiger partial charge in [0.2, 0.25) is 0 Å². The minimum Gasteiger partial charge on any atom is -0.369 e. The highest BCUT2D eigenvalue weighted by atomic mass is 79.9. The van der Waals surface area contributed by atoms with Crippen molar-refractivity contribution < 1.29 is 0 Å². The molecule has 0 bridgehead atoms. The number of rotatable bonds is 5. The topological polar surface area (TPSA) is 67.4 Å². The SMILES string of the molecule is CN1CCN(c2ccc(-c3nc4c(N5CCN(Cc6cccnc6)CC5)c(Br)cnc4[nH]3)cc2)CC1. The fourth-order valence-corrected chi connectivity index (χ4v) is 5.67. The van der Waals surface area contributed by atoms with E-state index in [0.717, 1.165) is 91.6 Å². The molecule has 2 saturated heterocycles. The Kier molecular flexibility index (Phi) is 6.60. The second-order valence-electron chi connectivity index (χ2n) is 9.70. The van der Waals surface area contributed by atoms with Gasteiger partial charge < -0.3 is 19.7 Å². The molecule has 0 radical (unpaired) electrons. The highest BCUT2D eigenvalue weighted by Gasteiger charge is 2.23. The normalized spacial score (nSPS) is 17.7. The molecule has 0 aliphatic carbocycles. The maximum atomic E-state index is 5.03. The summed E-state index contributed by atoms with van der Waals surface area (Å²) in [5.41, 5.74) is 6.47. The van der Waals surface area contributed by atoms with Crippen LogP contribution in [0.5, 0.6) is 0 Å². The van der Waals surface area contributed by atoms with Gasteiger partial charge in [0.1, 0.15) is 11.3 Å². The van der Waals surface area contributed by atoms with Crippen LogP contribution in [0.25, 0.3) is 22.6 Å². The molecule has 1 N–H and O–H groups in total. The Balaban J connectivity index is 1.19. The van der Waals surface area contributed by atoms with Crippen molar-refractivity contribution in [1.29, 1.82) is 0 Å². The molecule has 0 saturated carbocycles. The van der Waals surface area contributed by atoms with Crippen LogP contribution in [0.4, 0.5) is 11.4 Å². The summed E-state index contributed by atoms with van der Waals surface area (Å²) in [6.07, 6.45) is 5.67. The lowest BCUT2D eigenvalue weighted by molar-refractivity contribution is 0.249. The lowest BCUT2D eigenvalue weighted by atomic mass is 10.1. The summed E-state index contributed by atoms with van der Waals surface area (Å²) in [4.78, 5) is 27.1. The van der Waals surface area contributed by atoms with E-state index in [-0.39, 0.29) is 0 Å². The van der Waals surface area contributed by atoms with E-state index in [9.17, 15) is 0 Å². The molecule has 186 valence electrons. The molecular formula is C27H31BrN8. The molecule has 4 aromatic rings. The van der Waals surface area contributed by atoms with Gasteiger partial charge in [0.15, 0.2) is 5.65 Å². The number of nitrogens with zero attached hydrogens (tertiary/aromatic N) is 7. The Labute approximate surface area is 220 Å². The van der Waals surface area contributed by atoms with E-state index in [1.165, 1.54) is 11.3 Å². The van der Waals surface area contributed by atoms with Crippen molar-refractivity contribution in [3.63, 3.8) is 0 Å². The van der Waals surface area contributed by atoms with Crippen LogP contribution in [-0.4, -0.2) is 89.1 Å². The molecule has 8 nitrogen and oxygen atoms in total. The average molecular weight is 548 g/mol. The quantitative estimate of drug-likeness (QED) is 0.407. The van der Waals surface area contributed by atoms with Gasteiger partial charge in [-0.25, -0.2) is 9.97 Å². The van der Waals surface area contributed by atoms with Gasteiger partial charge in [0, 0.05) is 88.7 Å². The van der Waals surface area contributed by atoms with Crippen LogP contribution in [0.3, 0.4) is 0 Å². The Morgan fingerprint density at radius 3 is 2.36 bits per heavy atom. The minimum atomic E-state index is 0.823. The summed E-state index contributed by atoms with van der Waals surface area (Å²) in [7, 11) is 2.19. The van der Waals surface area contributed by atoms with Crippen molar-refractivity contribution in [2.45, 2.75) is 6.54 Å². The lowest BCUT2D eigenvalue weighted by Crippen LogP contribution is -2.46. The summed E-state index contributed by atoms with van der Waals surface area (Å²) in [5, 5.41) is 0. The fraction of sp³-hybridized carbons (Fsp3) is 0.370. The summed E-state index contributed by atoms with van der Waals surface area (Å²) in [5.74, 6) is 0.858. The number of benzene rings is 1. The van der Waals surface area contributed by atoms with Crippen molar-refractivity contribution in [3.05, 3.63) is 65.0 Å². The molecule has 36 heavy (non-hydrogen) atoms. The molecule has 9 heteroatoms. The van der Waals surface area contributed by atoms with Gasteiger partial charge in [0.25, 0.3) is 0 Å². The Morgan fingerprint density at radius 2 is 1.64 bits per heavy atom. The van der Waals surface area contributed by atoms with Crippen molar-refractivity contribution in [1.82, 2.24) is 29.7 Å². The Morgan fingerprint density at radius 1 is 0.889 bits per heavy atom. The number of halogens is 1. The zero-order chi connectivity index (χ0) is 24.5. The third-order valence-corrected chi connectivity index (χ3v) is 7.85. The molecule has 0 unspecified atom stereocenters. The van der Waals surface area contributed by atoms with Gasteiger partial charge in [-0.05, 0) is 58.9 Å². The number of pyridine rings is 2. The number of hydrogen-bond acceptors (Lipinski definition) is 7. The van der Waals surface area contributed by atoms with E-state index < -0.39 is 0 Å². The standard InChI is InChI=1S/C27H31BrN8/c1-33-9-13-35(14-10-33)22-6-4-21(5-7-22)26-31-24-25(23(28)18-30-27(24)32-26)36-15-11-34(12-16-36)19-20-3-2-8-29-17-20/h2-8,17-18H,9-16,19H2,1H3,(H,30,31,32). The zero-order valence-corrected chi connectivity index (χ0v) is 22.2. The molecule has 2 fully saturated rings. The number of fused-ring (bicyclic) bond motifs is 1. The van der Waals surface area contributed by atoms with Crippen LogP contribution < -0.4 is 9.80 Å². The van der Waals surface area contributed by atoms with Crippen LogP contribution in [0.15, 0.2) is 59.5 Å². The number of aromatic amines is 1. The Bertz CT molecular complexity index is 1310. The first-order valence-corrected chi connectivity index (χ1v) is 13.4. The molecular weight excluding hydrogens is 516 g/mol. The van der Waals surface area contributed by atoms with E-state index in [4.69, 9.17) is 4.98 Å². The number of likely N-dealkylation sites (N-methyl/N-ethyl adjacent to an activating group) is 1. The van der Waals surface area contributed by atoms with E-state index in [0.29, 0.717) is 0 Å². The van der Waals surface area contributed by atoms with E-state index in [1.807, 2.05) is 24.7 Å². The molecule has 0 spiro atoms. The average Bonchev–Trinajstić information content (AvgIpc) is 3.35. The predicted molar refractivity (Wildman–Crippen MR) is 148 cm³/mol. The molecule has 2 aliphatic rings. The van der Waals surface area contributed by atoms with Crippen LogP contribution in [0.1, 0.15) is 5.56 Å². The van der Waals surface area contributed by atoms with Crippen LogP contribution in [0, 0.1) is 0 Å². The molecule has 0 atom stereocenters. The Hall–Kier alpha value is -3.01. The number of aromatic nitrogens is 4. The first-order chi connectivity index (χ1) is 17.6. The molecule has 0 amide bonds. The van der Waals surface area contributed by atoms with Crippen molar-refractivity contribution >= 4 is 38.5 Å². The summed E-state index contributed by atoms with van der Waals surface area (Å²) >= 11 is 3.76. The molecule has 1 aromatic carbocycles. The highest BCUT2D eigenvalue weighted by molar-refractivity contribution is 9.10. The molecule has 2 aliphatic heterocycles. The summed E-state index contributed by atoms with van der Waals surface area (Å²) in [6, 6.07) is 12.9. The molecule has 3 aromatic heterocycles. The van der Waals surface area contributed by atoms with Crippen LogP contribution in [0.2, 0.25) is 0 Å². The smallest absolute Gasteiger partial charge is 0.159 e. The van der Waals surface area contributed by atoms with Gasteiger partial charge in [-0.15, -0.1) is 0 Å². The van der Waals surface area contributed by atoms with Gasteiger partial charge in [0.05, 0.1) is 10.2 Å². The summed E-state index contributed by atoms with van der Waals surface area (Å²) in [6.45, 7) is 9.16. The fourth-order valence-electron chi connectivity index (χ4n) is 5.13. The lowest BCUT2D eigenvalue weighted by Gasteiger charge is -2.36. The second-order valence-corrected chi connectivity index (χ2v) is 10.6. The minimum absolute atomic E-state index is 0.823. The van der Waals surface area contributed by atoms with Crippen molar-refractivity contribution in [2.75, 3.05) is 69.2 Å². The largest absolute Gasteiger partial charge is 0.369 e. The third kappa shape index (κ3) is 4.83. The summed E-state index contributed by atoms with van der Waals surface area (Å²) < 4.78 is 0.985. The van der Waals surface area contributed by atoms with Crippen LogP contribution in [-0.2, 0) is 6.54 Å². The third-order valence-electron chi connectivity index (χ3n) is 7.27. The maximum Gasteiger partial charge on any atom is 0.159 e. The number of nitrogens with one attached hydrogen (secondary N) is 1. The highest BCUT2D eigenvalue weighted by Crippen LogP contribution is 2.34. The van der Waals surface area contributed by atoms with Gasteiger partial charge in [-0.3, -0.25) is 9.88 Å². The maximum absolute atomic E-state index is 5.03. The van der Waals surface area contributed by atoms with Gasteiger partial charge >= 0.3 is 0 Å². The first-order valence-electron chi connectivity index (χ1n) is 12.6. The first kappa shape index (κ1) is 23.4.